The van der Waals surface area contributed by atoms with Gasteiger partial charge in [-0.25, -0.2) is 9.97 Å². The normalized spacial score (nSPS) is 11.8. The molecule has 8 aromatic carbocycles. The molecule has 0 spiro atoms. The van der Waals surface area contributed by atoms with Crippen LogP contribution in [-0.4, -0.2) is 14.5 Å². The average molecular weight is 680 g/mol. The SMILES string of the molecule is c1ccc(-c2ccc(-c3nc4ccccc4nc3-c3ccc(-n4c5ccccc5c5c6ccccc6c6c7ccccc7sc6c54)cc3)cc2)cc1. The maximum Gasteiger partial charge on any atom is 0.0973 e. The van der Waals surface area contributed by atoms with Crippen molar-refractivity contribution in [2.24, 2.45) is 0 Å². The largest absolute Gasteiger partial charge is 0.308 e. The van der Waals surface area contributed by atoms with Crippen LogP contribution in [0.4, 0.5) is 0 Å². The van der Waals surface area contributed by atoms with Crippen molar-refractivity contribution >= 4 is 75.1 Å². The molecule has 3 aromatic heterocycles. The topological polar surface area (TPSA) is 30.7 Å². The Balaban J connectivity index is 1.13. The van der Waals surface area contributed by atoms with Gasteiger partial charge >= 0.3 is 0 Å². The fourth-order valence-corrected chi connectivity index (χ4v) is 9.28. The molecule has 11 rings (SSSR count). The van der Waals surface area contributed by atoms with E-state index in [4.69, 9.17) is 9.97 Å². The molecule has 0 N–H and O–H groups in total. The summed E-state index contributed by atoms with van der Waals surface area (Å²) in [6.45, 7) is 0. The summed E-state index contributed by atoms with van der Waals surface area (Å²) in [5.41, 5.74) is 11.5. The molecule has 0 atom stereocenters. The second kappa shape index (κ2) is 11.5. The molecule has 0 saturated heterocycles. The summed E-state index contributed by atoms with van der Waals surface area (Å²) >= 11 is 1.89. The number of thiophene rings is 1. The molecule has 242 valence electrons. The van der Waals surface area contributed by atoms with E-state index in [-0.39, 0.29) is 0 Å². The first-order chi connectivity index (χ1) is 25.8. The highest BCUT2D eigenvalue weighted by Gasteiger charge is 2.22. The molecule has 4 heteroatoms. The Labute approximate surface area is 303 Å². The minimum atomic E-state index is 0.873. The van der Waals surface area contributed by atoms with E-state index < -0.39 is 0 Å². The van der Waals surface area contributed by atoms with Crippen molar-refractivity contribution in [2.75, 3.05) is 0 Å². The second-order valence-electron chi connectivity index (χ2n) is 13.3. The smallest absolute Gasteiger partial charge is 0.0973 e. The lowest BCUT2D eigenvalue weighted by atomic mass is 9.99. The predicted octanol–water partition coefficient (Wildman–Crippen LogP) is 13.2. The molecule has 52 heavy (non-hydrogen) atoms. The maximum atomic E-state index is 5.23. The third-order valence-corrected chi connectivity index (χ3v) is 11.6. The van der Waals surface area contributed by atoms with Crippen LogP contribution in [0.25, 0.3) is 103 Å². The van der Waals surface area contributed by atoms with Crippen molar-refractivity contribution in [3.63, 3.8) is 0 Å². The average Bonchev–Trinajstić information content (AvgIpc) is 3.78. The van der Waals surface area contributed by atoms with Gasteiger partial charge < -0.3 is 4.57 Å². The number of fused-ring (bicyclic) bond motifs is 11. The van der Waals surface area contributed by atoms with Gasteiger partial charge in [-0.15, -0.1) is 11.3 Å². The Morgan fingerprint density at radius 2 is 0.885 bits per heavy atom. The van der Waals surface area contributed by atoms with Crippen molar-refractivity contribution in [3.8, 4) is 39.3 Å². The van der Waals surface area contributed by atoms with Crippen molar-refractivity contribution in [1.82, 2.24) is 14.5 Å². The summed E-state index contributed by atoms with van der Waals surface area (Å²) in [6.07, 6.45) is 0. The molecule has 11 aromatic rings. The summed E-state index contributed by atoms with van der Waals surface area (Å²) in [5, 5.41) is 7.80. The van der Waals surface area contributed by atoms with Crippen molar-refractivity contribution in [1.29, 1.82) is 0 Å². The zero-order valence-corrected chi connectivity index (χ0v) is 28.8. The molecule has 0 aliphatic rings. The van der Waals surface area contributed by atoms with Crippen LogP contribution < -0.4 is 0 Å². The Morgan fingerprint density at radius 3 is 1.58 bits per heavy atom. The van der Waals surface area contributed by atoms with Crippen LogP contribution in [0.2, 0.25) is 0 Å². The molecule has 0 fully saturated rings. The Morgan fingerprint density at radius 1 is 0.385 bits per heavy atom. The van der Waals surface area contributed by atoms with Gasteiger partial charge in [-0.05, 0) is 58.3 Å². The second-order valence-corrected chi connectivity index (χ2v) is 14.4. The standard InChI is InChI=1S/C48H29N3S/c1-2-12-30(13-3-1)31-22-24-32(25-23-31)45-46(50-40-19-9-8-18-39(40)49-45)33-26-28-34(29-27-33)51-41-20-10-6-16-37(41)43-35-14-4-5-15-36(35)44-38-17-7-11-21-42(38)52-48(44)47(43)51/h1-29H. The summed E-state index contributed by atoms with van der Waals surface area (Å²) in [5.74, 6) is 0. The first kappa shape index (κ1) is 29.1. The maximum absolute atomic E-state index is 5.23. The van der Waals surface area contributed by atoms with Gasteiger partial charge in [-0.2, -0.15) is 0 Å². The van der Waals surface area contributed by atoms with E-state index >= 15 is 0 Å². The number of rotatable bonds is 4. The van der Waals surface area contributed by atoms with Gasteiger partial charge in [0.1, 0.15) is 0 Å². The lowest BCUT2D eigenvalue weighted by molar-refractivity contribution is 1.19. The molecular weight excluding hydrogens is 651 g/mol. The van der Waals surface area contributed by atoms with Crippen molar-refractivity contribution in [2.45, 2.75) is 0 Å². The van der Waals surface area contributed by atoms with Crippen LogP contribution in [-0.2, 0) is 0 Å². The summed E-state index contributed by atoms with van der Waals surface area (Å²) in [4.78, 5) is 10.4. The van der Waals surface area contributed by atoms with Gasteiger partial charge in [0, 0.05) is 43.1 Å². The van der Waals surface area contributed by atoms with Crippen molar-refractivity contribution < 1.29 is 0 Å². The Bertz CT molecular complexity index is 3160. The van der Waals surface area contributed by atoms with E-state index in [2.05, 4.69) is 150 Å². The number of benzene rings is 8. The zero-order valence-electron chi connectivity index (χ0n) is 28.0. The van der Waals surface area contributed by atoms with Crippen LogP contribution in [0.1, 0.15) is 0 Å². The van der Waals surface area contributed by atoms with Gasteiger partial charge in [-0.3, -0.25) is 0 Å². The summed E-state index contributed by atoms with van der Waals surface area (Å²) in [7, 11) is 0. The van der Waals surface area contributed by atoms with Gasteiger partial charge in [0.25, 0.3) is 0 Å². The number of nitrogens with zero attached hydrogens (tertiary/aromatic N) is 3. The van der Waals surface area contributed by atoms with E-state index in [1.807, 2.05) is 41.7 Å². The minimum Gasteiger partial charge on any atom is -0.308 e. The molecule has 3 nitrogen and oxygen atoms in total. The molecule has 3 heterocycles. The third kappa shape index (κ3) is 4.38. The number of hydrogen-bond acceptors (Lipinski definition) is 3. The first-order valence-corrected chi connectivity index (χ1v) is 18.4. The van der Waals surface area contributed by atoms with Crippen LogP contribution >= 0.6 is 11.3 Å². The molecule has 0 bridgehead atoms. The van der Waals surface area contributed by atoms with Crippen LogP contribution in [0.5, 0.6) is 0 Å². The lowest BCUT2D eigenvalue weighted by Crippen LogP contribution is -1.97. The molecule has 0 aliphatic carbocycles. The zero-order chi connectivity index (χ0) is 34.2. The fraction of sp³-hybridized carbons (Fsp3) is 0. The highest BCUT2D eigenvalue weighted by Crippen LogP contribution is 2.48. The van der Waals surface area contributed by atoms with E-state index in [9.17, 15) is 0 Å². The van der Waals surface area contributed by atoms with Gasteiger partial charge in [0.2, 0.25) is 0 Å². The highest BCUT2D eigenvalue weighted by molar-refractivity contribution is 7.27. The molecule has 0 aliphatic heterocycles. The molecule has 0 saturated carbocycles. The van der Waals surface area contributed by atoms with Crippen LogP contribution in [0.15, 0.2) is 176 Å². The van der Waals surface area contributed by atoms with E-state index in [1.54, 1.807) is 0 Å². The van der Waals surface area contributed by atoms with Crippen LogP contribution in [0.3, 0.4) is 0 Å². The Kier molecular flexibility index (Phi) is 6.42. The number of para-hydroxylation sites is 3. The quantitative estimate of drug-likeness (QED) is 0.185. The third-order valence-electron chi connectivity index (χ3n) is 10.4. The van der Waals surface area contributed by atoms with E-state index in [0.29, 0.717) is 0 Å². The number of aromatic nitrogens is 3. The minimum absolute atomic E-state index is 0.873. The summed E-state index contributed by atoms with van der Waals surface area (Å²) in [6, 6.07) is 62.8. The molecule has 0 radical (unpaired) electrons. The van der Waals surface area contributed by atoms with Gasteiger partial charge in [0.05, 0.1) is 38.2 Å². The fourth-order valence-electron chi connectivity index (χ4n) is 8.02. The summed E-state index contributed by atoms with van der Waals surface area (Å²) < 4.78 is 5.09. The van der Waals surface area contributed by atoms with Crippen molar-refractivity contribution in [3.05, 3.63) is 176 Å². The monoisotopic (exact) mass is 679 g/mol. The predicted molar refractivity (Wildman–Crippen MR) is 221 cm³/mol. The van der Waals surface area contributed by atoms with Crippen LogP contribution in [0, 0.1) is 0 Å². The van der Waals surface area contributed by atoms with E-state index in [0.717, 1.165) is 39.2 Å². The van der Waals surface area contributed by atoms with Gasteiger partial charge in [-0.1, -0.05) is 140 Å². The first-order valence-electron chi connectivity index (χ1n) is 17.6. The number of hydrogen-bond donors (Lipinski definition) is 0. The van der Waals surface area contributed by atoms with Gasteiger partial charge in [0.15, 0.2) is 0 Å². The molecule has 0 amide bonds. The van der Waals surface area contributed by atoms with E-state index in [1.165, 1.54) is 63.9 Å². The highest BCUT2D eigenvalue weighted by atomic mass is 32.1. The molecule has 0 unspecified atom stereocenters. The molecular formula is C48H29N3S. The Hall–Kier alpha value is -6.62. The lowest BCUT2D eigenvalue weighted by Gasteiger charge is -2.13.